The van der Waals surface area contributed by atoms with Gasteiger partial charge in [-0.15, -0.1) is 0 Å². The van der Waals surface area contributed by atoms with E-state index >= 15 is 0 Å². The Morgan fingerprint density at radius 2 is 1.57 bits per heavy atom. The van der Waals surface area contributed by atoms with Crippen LogP contribution in [0.2, 0.25) is 0 Å². The predicted octanol–water partition coefficient (Wildman–Crippen LogP) is 9.56. The number of epoxide rings is 1. The molecule has 12 atom stereocenters. The lowest BCUT2D eigenvalue weighted by Crippen LogP contribution is -2.67. The second-order valence-electron chi connectivity index (χ2n) is 17.3. The first-order valence-electron chi connectivity index (χ1n) is 16.6. The third kappa shape index (κ3) is 3.03. The standard InChI is InChI=1S/C36H53NO3/c1-22-15-17-32(5)19-20-34(7)25(30(32)23(22)2)13-14-28-33(6)21-29-36(40-29,24-11-9-10-12-26(24)37(38)39)31(3,4)27(33)16-18-35(28,34)8/h9-12,22-23,25,27-30H,13-21H2,1-8H3/t22-,23+,25-,27+,28-,29-,30+,32-,33+,34-,35-,36-/m1/s1. The van der Waals surface area contributed by atoms with Crippen molar-refractivity contribution in [3.63, 3.8) is 0 Å². The van der Waals surface area contributed by atoms with Gasteiger partial charge in [-0.25, -0.2) is 0 Å². The summed E-state index contributed by atoms with van der Waals surface area (Å²) in [4.78, 5) is 11.9. The number of fused-ring (bicyclic) bond motifs is 8. The summed E-state index contributed by atoms with van der Waals surface area (Å²) in [5, 5.41) is 12.1. The maximum Gasteiger partial charge on any atom is 0.275 e. The molecule has 0 amide bonds. The molecular formula is C36H53NO3. The van der Waals surface area contributed by atoms with Crippen molar-refractivity contribution in [1.82, 2.24) is 0 Å². The minimum atomic E-state index is -0.532. The molecule has 4 heteroatoms. The van der Waals surface area contributed by atoms with Crippen LogP contribution in [0.5, 0.6) is 0 Å². The van der Waals surface area contributed by atoms with Crippen molar-refractivity contribution in [1.29, 1.82) is 0 Å². The fourth-order valence-corrected chi connectivity index (χ4v) is 13.7. The van der Waals surface area contributed by atoms with Crippen molar-refractivity contribution in [2.45, 2.75) is 125 Å². The third-order valence-corrected chi connectivity index (χ3v) is 16.0. The maximum atomic E-state index is 12.1. The lowest BCUT2D eigenvalue weighted by molar-refractivity contribution is -0.386. The molecule has 0 aromatic heterocycles. The number of nitro groups is 1. The van der Waals surface area contributed by atoms with Crippen molar-refractivity contribution in [2.75, 3.05) is 0 Å². The van der Waals surface area contributed by atoms with Crippen molar-refractivity contribution in [3.05, 3.63) is 39.9 Å². The molecule has 1 saturated heterocycles. The van der Waals surface area contributed by atoms with Crippen LogP contribution in [-0.2, 0) is 10.3 Å². The van der Waals surface area contributed by atoms with Gasteiger partial charge in [-0.3, -0.25) is 10.1 Å². The minimum absolute atomic E-state index is 0.0755. The van der Waals surface area contributed by atoms with E-state index in [1.54, 1.807) is 12.1 Å². The van der Waals surface area contributed by atoms with E-state index in [0.717, 1.165) is 35.7 Å². The van der Waals surface area contributed by atoms with Gasteiger partial charge in [0, 0.05) is 11.5 Å². The first-order chi connectivity index (χ1) is 18.7. The molecule has 1 aromatic rings. The number of rotatable bonds is 2. The Morgan fingerprint density at radius 1 is 0.850 bits per heavy atom. The molecule has 4 nitrogen and oxygen atoms in total. The van der Waals surface area contributed by atoms with Crippen LogP contribution < -0.4 is 0 Å². The highest BCUT2D eigenvalue weighted by molar-refractivity contribution is 5.50. The molecule has 40 heavy (non-hydrogen) atoms. The molecule has 0 bridgehead atoms. The summed E-state index contributed by atoms with van der Waals surface area (Å²) >= 11 is 0. The van der Waals surface area contributed by atoms with E-state index in [0.29, 0.717) is 28.1 Å². The van der Waals surface area contributed by atoms with Gasteiger partial charge in [0.05, 0.1) is 16.6 Å². The second kappa shape index (κ2) is 8.14. The van der Waals surface area contributed by atoms with Crippen molar-refractivity contribution >= 4 is 5.69 Å². The van der Waals surface area contributed by atoms with Crippen LogP contribution in [0, 0.1) is 72.7 Å². The molecule has 1 aromatic carbocycles. The summed E-state index contributed by atoms with van der Waals surface area (Å²) < 4.78 is 6.76. The summed E-state index contributed by atoms with van der Waals surface area (Å²) in [6.45, 7) is 20.6. The quantitative estimate of drug-likeness (QED) is 0.210. The van der Waals surface area contributed by atoms with Crippen LogP contribution in [0.25, 0.3) is 0 Å². The van der Waals surface area contributed by atoms with Crippen LogP contribution >= 0.6 is 0 Å². The number of para-hydroxylation sites is 1. The SMILES string of the molecule is C[C@@H]1[C@H]2[C@H]3CC[C@@H]4[C@@]5(C)C[C@H]6O[C@@]6(c6ccccc6[N+](=O)[O-])C(C)(C)[C@@H]5CC[C@@]4(C)[C@]3(C)CC[C@@]2(C)CC[C@H]1C. The summed E-state index contributed by atoms with van der Waals surface area (Å²) in [7, 11) is 0. The van der Waals surface area contributed by atoms with Gasteiger partial charge in [-0.2, -0.15) is 0 Å². The van der Waals surface area contributed by atoms with Gasteiger partial charge in [-0.05, 0) is 121 Å². The molecular weight excluding hydrogens is 494 g/mol. The zero-order chi connectivity index (χ0) is 28.7. The second-order valence-corrected chi connectivity index (χ2v) is 17.3. The Bertz CT molecular complexity index is 1240. The fourth-order valence-electron chi connectivity index (χ4n) is 13.7. The van der Waals surface area contributed by atoms with Gasteiger partial charge >= 0.3 is 0 Å². The highest BCUT2D eigenvalue weighted by atomic mass is 16.6. The Balaban J connectivity index is 1.26. The molecule has 220 valence electrons. The zero-order valence-electron chi connectivity index (χ0n) is 26.4. The summed E-state index contributed by atoms with van der Waals surface area (Å²) in [6, 6.07) is 7.41. The van der Waals surface area contributed by atoms with Crippen LogP contribution in [0.1, 0.15) is 119 Å². The van der Waals surface area contributed by atoms with Crippen LogP contribution in [0.4, 0.5) is 5.69 Å². The summed E-state index contributed by atoms with van der Waals surface area (Å²) in [5.74, 6) is 4.56. The first-order valence-corrected chi connectivity index (χ1v) is 16.6. The fraction of sp³-hybridized carbons (Fsp3) is 0.833. The highest BCUT2D eigenvalue weighted by Gasteiger charge is 2.79. The van der Waals surface area contributed by atoms with E-state index in [1.807, 2.05) is 12.1 Å². The number of ether oxygens (including phenoxy) is 1. The number of nitrogens with zero attached hydrogens (tertiary/aromatic N) is 1. The van der Waals surface area contributed by atoms with Gasteiger partial charge in [0.2, 0.25) is 0 Å². The lowest BCUT2D eigenvalue weighted by Gasteiger charge is -2.73. The largest absolute Gasteiger partial charge is 0.360 e. The van der Waals surface area contributed by atoms with Crippen LogP contribution in [0.3, 0.4) is 0 Å². The summed E-state index contributed by atoms with van der Waals surface area (Å²) in [6.07, 6.45) is 12.0. The first kappa shape index (κ1) is 27.4. The molecule has 0 radical (unpaired) electrons. The Kier molecular flexibility index (Phi) is 5.58. The highest BCUT2D eigenvalue weighted by Crippen LogP contribution is 2.81. The lowest BCUT2D eigenvalue weighted by atomic mass is 9.31. The number of hydrogen-bond donors (Lipinski definition) is 0. The average Bonchev–Trinajstić information content (AvgIpc) is 3.62. The molecule has 0 spiro atoms. The summed E-state index contributed by atoms with van der Waals surface area (Å²) in [5.41, 5.74) is 1.81. The smallest absolute Gasteiger partial charge is 0.275 e. The van der Waals surface area contributed by atoms with E-state index in [-0.39, 0.29) is 27.5 Å². The normalized spacial score (nSPS) is 54.1. The van der Waals surface area contributed by atoms with E-state index < -0.39 is 5.60 Å². The van der Waals surface area contributed by atoms with Crippen molar-refractivity contribution in [2.24, 2.45) is 62.6 Å². The van der Waals surface area contributed by atoms with Gasteiger partial charge in [0.15, 0.2) is 0 Å². The van der Waals surface area contributed by atoms with Crippen LogP contribution in [-0.4, -0.2) is 11.0 Å². The predicted molar refractivity (Wildman–Crippen MR) is 160 cm³/mol. The molecule has 0 N–H and O–H groups in total. The van der Waals surface area contributed by atoms with Gasteiger partial charge in [0.25, 0.3) is 5.69 Å². The Hall–Kier alpha value is -1.42. The third-order valence-electron chi connectivity index (χ3n) is 16.0. The average molecular weight is 548 g/mol. The molecule has 0 unspecified atom stereocenters. The van der Waals surface area contributed by atoms with Gasteiger partial charge in [-0.1, -0.05) is 67.5 Å². The van der Waals surface area contributed by atoms with E-state index in [2.05, 4.69) is 55.4 Å². The minimum Gasteiger partial charge on any atom is -0.360 e. The molecule has 7 rings (SSSR count). The Morgan fingerprint density at radius 3 is 2.30 bits per heavy atom. The Labute approximate surface area is 242 Å². The number of hydrogen-bond acceptors (Lipinski definition) is 3. The molecule has 5 aliphatic carbocycles. The molecule has 1 aliphatic heterocycles. The number of benzene rings is 1. The topological polar surface area (TPSA) is 55.7 Å². The van der Waals surface area contributed by atoms with Crippen molar-refractivity contribution in [3.8, 4) is 0 Å². The van der Waals surface area contributed by atoms with Gasteiger partial charge in [0.1, 0.15) is 5.60 Å². The van der Waals surface area contributed by atoms with Crippen molar-refractivity contribution < 1.29 is 9.66 Å². The molecule has 6 aliphatic rings. The van der Waals surface area contributed by atoms with E-state index in [9.17, 15) is 10.1 Å². The van der Waals surface area contributed by atoms with Gasteiger partial charge < -0.3 is 4.74 Å². The van der Waals surface area contributed by atoms with E-state index in [4.69, 9.17) is 4.74 Å². The molecule has 6 fully saturated rings. The van der Waals surface area contributed by atoms with Crippen LogP contribution in [0.15, 0.2) is 24.3 Å². The molecule has 5 saturated carbocycles. The maximum absolute atomic E-state index is 12.1. The zero-order valence-corrected chi connectivity index (χ0v) is 26.4. The monoisotopic (exact) mass is 547 g/mol. The number of nitro benzene ring substituents is 1. The van der Waals surface area contributed by atoms with E-state index in [1.165, 1.54) is 51.4 Å². The molecule has 1 heterocycles.